The molecule has 1 amide bonds. The summed E-state index contributed by atoms with van der Waals surface area (Å²) >= 11 is 0. The lowest BCUT2D eigenvalue weighted by atomic mass is 9.89. The highest BCUT2D eigenvalue weighted by Gasteiger charge is 2.33. The largest absolute Gasteiger partial charge is 0.380 e. The molecular formula is C14H27NO2. The van der Waals surface area contributed by atoms with Crippen LogP contribution in [0.1, 0.15) is 58.8 Å². The first-order valence-corrected chi connectivity index (χ1v) is 7.01. The molecule has 100 valence electrons. The Morgan fingerprint density at radius 2 is 1.82 bits per heavy atom. The fourth-order valence-electron chi connectivity index (χ4n) is 2.02. The number of rotatable bonds is 9. The molecule has 0 aliphatic carbocycles. The van der Waals surface area contributed by atoms with Crippen LogP contribution in [-0.2, 0) is 9.53 Å². The fourth-order valence-corrected chi connectivity index (χ4v) is 2.02. The molecule has 1 saturated heterocycles. The normalized spacial score (nSPS) is 17.5. The van der Waals surface area contributed by atoms with Gasteiger partial charge in [0.2, 0.25) is 5.91 Å². The van der Waals surface area contributed by atoms with Crippen LogP contribution in [0.4, 0.5) is 0 Å². The molecule has 3 nitrogen and oxygen atoms in total. The highest BCUT2D eigenvalue weighted by atomic mass is 16.5. The molecule has 1 heterocycles. The minimum atomic E-state index is 0.191. The Hall–Kier alpha value is -0.570. The minimum absolute atomic E-state index is 0.191. The molecule has 1 aliphatic rings. The van der Waals surface area contributed by atoms with Gasteiger partial charge in [0.25, 0.3) is 0 Å². The maximum atomic E-state index is 11.6. The zero-order valence-corrected chi connectivity index (χ0v) is 11.4. The predicted octanol–water partition coefficient (Wildman–Crippen LogP) is 2.89. The lowest BCUT2D eigenvalue weighted by Crippen LogP contribution is -2.48. The van der Waals surface area contributed by atoms with Crippen LogP contribution in [0.3, 0.4) is 0 Å². The van der Waals surface area contributed by atoms with Crippen molar-refractivity contribution in [2.24, 2.45) is 5.41 Å². The molecule has 0 aromatic rings. The van der Waals surface area contributed by atoms with Gasteiger partial charge in [-0.1, -0.05) is 46.0 Å². The SMILES string of the molecule is CCCCCCCCC(=O)NCC1(C)COC1. The Kier molecular flexibility index (Phi) is 6.56. The van der Waals surface area contributed by atoms with Crippen LogP contribution in [0, 0.1) is 5.41 Å². The van der Waals surface area contributed by atoms with Crippen molar-refractivity contribution in [3.05, 3.63) is 0 Å². The van der Waals surface area contributed by atoms with E-state index in [4.69, 9.17) is 4.74 Å². The third-order valence-electron chi connectivity index (χ3n) is 3.37. The number of hydrogen-bond acceptors (Lipinski definition) is 2. The zero-order chi connectivity index (χ0) is 12.6. The van der Waals surface area contributed by atoms with Crippen molar-refractivity contribution < 1.29 is 9.53 Å². The van der Waals surface area contributed by atoms with Crippen molar-refractivity contribution in [3.8, 4) is 0 Å². The van der Waals surface area contributed by atoms with Gasteiger partial charge >= 0.3 is 0 Å². The molecule has 1 fully saturated rings. The first kappa shape index (κ1) is 14.5. The van der Waals surface area contributed by atoms with Gasteiger partial charge < -0.3 is 10.1 Å². The smallest absolute Gasteiger partial charge is 0.220 e. The van der Waals surface area contributed by atoms with Crippen LogP contribution in [0.25, 0.3) is 0 Å². The minimum Gasteiger partial charge on any atom is -0.380 e. The van der Waals surface area contributed by atoms with Gasteiger partial charge in [-0.15, -0.1) is 0 Å². The average molecular weight is 241 g/mol. The molecule has 0 unspecified atom stereocenters. The van der Waals surface area contributed by atoms with Gasteiger partial charge in [0.1, 0.15) is 0 Å². The highest BCUT2D eigenvalue weighted by molar-refractivity contribution is 5.75. The van der Waals surface area contributed by atoms with E-state index in [9.17, 15) is 4.79 Å². The molecule has 0 saturated carbocycles. The van der Waals surface area contributed by atoms with Crippen molar-refractivity contribution in [2.45, 2.75) is 58.8 Å². The third kappa shape index (κ3) is 6.06. The van der Waals surface area contributed by atoms with Gasteiger partial charge in [-0.3, -0.25) is 4.79 Å². The number of unbranched alkanes of at least 4 members (excludes halogenated alkanes) is 5. The van der Waals surface area contributed by atoms with E-state index in [1.807, 2.05) is 0 Å². The van der Waals surface area contributed by atoms with Crippen LogP contribution in [-0.4, -0.2) is 25.7 Å². The molecule has 0 spiro atoms. The van der Waals surface area contributed by atoms with Crippen LogP contribution >= 0.6 is 0 Å². The second-order valence-corrected chi connectivity index (χ2v) is 5.60. The zero-order valence-electron chi connectivity index (χ0n) is 11.4. The summed E-state index contributed by atoms with van der Waals surface area (Å²) in [6.45, 7) is 6.70. The Morgan fingerprint density at radius 1 is 1.18 bits per heavy atom. The second kappa shape index (κ2) is 7.70. The van der Waals surface area contributed by atoms with Gasteiger partial charge in [-0.25, -0.2) is 0 Å². The fraction of sp³-hybridized carbons (Fsp3) is 0.929. The van der Waals surface area contributed by atoms with Gasteiger partial charge in [0.05, 0.1) is 13.2 Å². The molecule has 0 aromatic heterocycles. The van der Waals surface area contributed by atoms with Crippen molar-refractivity contribution in [1.29, 1.82) is 0 Å². The van der Waals surface area contributed by atoms with Crippen molar-refractivity contribution in [1.82, 2.24) is 5.32 Å². The number of carbonyl (C=O) groups excluding carboxylic acids is 1. The predicted molar refractivity (Wildman–Crippen MR) is 69.9 cm³/mol. The molecule has 17 heavy (non-hydrogen) atoms. The molecule has 1 N–H and O–H groups in total. The van der Waals surface area contributed by atoms with Crippen LogP contribution in [0.15, 0.2) is 0 Å². The van der Waals surface area contributed by atoms with Gasteiger partial charge in [0.15, 0.2) is 0 Å². The molecular weight excluding hydrogens is 214 g/mol. The Morgan fingerprint density at radius 3 is 2.41 bits per heavy atom. The van der Waals surface area contributed by atoms with E-state index >= 15 is 0 Å². The Bertz CT molecular complexity index is 224. The average Bonchev–Trinajstić information content (AvgIpc) is 2.28. The first-order valence-electron chi connectivity index (χ1n) is 7.01. The standard InChI is InChI=1S/C14H27NO2/c1-3-4-5-6-7-8-9-13(16)15-10-14(2)11-17-12-14/h3-12H2,1-2H3,(H,15,16). The maximum Gasteiger partial charge on any atom is 0.220 e. The van der Waals surface area contributed by atoms with Crippen LogP contribution < -0.4 is 5.32 Å². The van der Waals surface area contributed by atoms with E-state index in [1.54, 1.807) is 0 Å². The lowest BCUT2D eigenvalue weighted by molar-refractivity contribution is -0.126. The summed E-state index contributed by atoms with van der Waals surface area (Å²) in [5, 5.41) is 3.01. The van der Waals surface area contributed by atoms with Gasteiger partial charge in [-0.05, 0) is 6.42 Å². The Labute approximate surface area is 105 Å². The summed E-state index contributed by atoms with van der Waals surface area (Å²) in [4.78, 5) is 11.6. The van der Waals surface area contributed by atoms with Gasteiger partial charge in [-0.2, -0.15) is 0 Å². The maximum absolute atomic E-state index is 11.6. The van der Waals surface area contributed by atoms with E-state index in [0.29, 0.717) is 6.42 Å². The number of hydrogen-bond donors (Lipinski definition) is 1. The topological polar surface area (TPSA) is 38.3 Å². The molecule has 0 aromatic carbocycles. The van der Waals surface area contributed by atoms with E-state index in [-0.39, 0.29) is 11.3 Å². The molecule has 1 rings (SSSR count). The Balaban J connectivity index is 1.90. The number of ether oxygens (including phenoxy) is 1. The molecule has 3 heteroatoms. The molecule has 0 bridgehead atoms. The highest BCUT2D eigenvalue weighted by Crippen LogP contribution is 2.25. The van der Waals surface area contributed by atoms with Crippen molar-refractivity contribution >= 4 is 5.91 Å². The summed E-state index contributed by atoms with van der Waals surface area (Å²) in [6, 6.07) is 0. The lowest BCUT2D eigenvalue weighted by Gasteiger charge is -2.38. The monoisotopic (exact) mass is 241 g/mol. The van der Waals surface area contributed by atoms with E-state index in [2.05, 4.69) is 19.2 Å². The molecule has 0 atom stereocenters. The third-order valence-corrected chi connectivity index (χ3v) is 3.37. The summed E-state index contributed by atoms with van der Waals surface area (Å²) in [6.07, 6.45) is 8.09. The number of carbonyl (C=O) groups is 1. The van der Waals surface area contributed by atoms with Crippen molar-refractivity contribution in [3.63, 3.8) is 0 Å². The van der Waals surface area contributed by atoms with E-state index in [1.165, 1.54) is 32.1 Å². The van der Waals surface area contributed by atoms with Crippen LogP contribution in [0.5, 0.6) is 0 Å². The van der Waals surface area contributed by atoms with Crippen LogP contribution in [0.2, 0.25) is 0 Å². The van der Waals surface area contributed by atoms with E-state index in [0.717, 1.165) is 26.2 Å². The summed E-state index contributed by atoms with van der Waals surface area (Å²) in [7, 11) is 0. The quantitative estimate of drug-likeness (QED) is 0.630. The summed E-state index contributed by atoms with van der Waals surface area (Å²) in [5.74, 6) is 0.202. The molecule has 0 radical (unpaired) electrons. The van der Waals surface area contributed by atoms with E-state index < -0.39 is 0 Å². The number of amides is 1. The second-order valence-electron chi connectivity index (χ2n) is 5.60. The van der Waals surface area contributed by atoms with Crippen molar-refractivity contribution in [2.75, 3.05) is 19.8 Å². The van der Waals surface area contributed by atoms with Gasteiger partial charge in [0, 0.05) is 18.4 Å². The summed E-state index contributed by atoms with van der Waals surface area (Å²) in [5.41, 5.74) is 0.191. The molecule has 1 aliphatic heterocycles. The number of nitrogens with one attached hydrogen (secondary N) is 1. The summed E-state index contributed by atoms with van der Waals surface area (Å²) < 4.78 is 5.15. The first-order chi connectivity index (χ1) is 8.16.